The van der Waals surface area contributed by atoms with Crippen LogP contribution in [0, 0.1) is 0 Å². The van der Waals surface area contributed by atoms with Crippen LogP contribution >= 0.6 is 0 Å². The van der Waals surface area contributed by atoms with E-state index in [1.807, 2.05) is 0 Å². The summed E-state index contributed by atoms with van der Waals surface area (Å²) in [7, 11) is 4.46. The second-order valence-corrected chi connectivity index (χ2v) is 4.96. The Labute approximate surface area is 144 Å². The van der Waals surface area contributed by atoms with Gasteiger partial charge in [-0.25, -0.2) is 4.57 Å². The topological polar surface area (TPSA) is 13.1 Å². The number of hydrogen-bond donors (Lipinski definition) is 0. The number of morpholine rings is 1. The zero-order valence-corrected chi connectivity index (χ0v) is 15.4. The van der Waals surface area contributed by atoms with Gasteiger partial charge in [-0.2, -0.15) is 0 Å². The van der Waals surface area contributed by atoms with E-state index in [1.165, 1.54) is 12.2 Å². The first-order valence-corrected chi connectivity index (χ1v) is 6.04. The molecule has 1 aromatic rings. The van der Waals surface area contributed by atoms with E-state index in [0.717, 1.165) is 37.2 Å². The molecule has 0 N–H and O–H groups in total. The maximum absolute atomic E-state index is 5.42. The lowest BCUT2D eigenvalue weighted by Crippen LogP contribution is -3.00. The monoisotopic (exact) mass is 476 g/mol. The highest BCUT2D eigenvalue weighted by molar-refractivity contribution is 4.97. The van der Waals surface area contributed by atoms with E-state index in [2.05, 4.69) is 43.1 Å². The molecule has 0 unspecified atom stereocenters. The van der Waals surface area contributed by atoms with Crippen molar-refractivity contribution < 1.29 is 61.7 Å². The number of aryl methyl sites for hydroxylation is 1. The van der Waals surface area contributed by atoms with Crippen LogP contribution in [0.25, 0.3) is 0 Å². The van der Waals surface area contributed by atoms with Crippen molar-refractivity contribution in [3.8, 4) is 0 Å². The van der Waals surface area contributed by atoms with Crippen LogP contribution in [0.4, 0.5) is 0 Å². The zero-order chi connectivity index (χ0) is 11.4. The van der Waals surface area contributed by atoms with Gasteiger partial charge in [-0.05, 0) is 0 Å². The summed E-state index contributed by atoms with van der Waals surface area (Å²) in [5, 5.41) is 0. The van der Waals surface area contributed by atoms with E-state index >= 15 is 0 Å². The second kappa shape index (κ2) is 8.65. The number of pyridine rings is 1. The standard InChI is InChI=1S/C13H22N2O.2HI/c1-14-7-4-3-5-13(14)6-8-15(2)9-11-16-12-10-15;;/h3-5,7H,6,8-12H2,1-2H3;2*1H/q+2;;/p-2. The van der Waals surface area contributed by atoms with Crippen molar-refractivity contribution in [2.24, 2.45) is 7.05 Å². The highest BCUT2D eigenvalue weighted by Gasteiger charge is 2.25. The molecule has 104 valence electrons. The van der Waals surface area contributed by atoms with Crippen molar-refractivity contribution in [2.45, 2.75) is 6.42 Å². The molecule has 18 heavy (non-hydrogen) atoms. The fourth-order valence-electron chi connectivity index (χ4n) is 2.21. The van der Waals surface area contributed by atoms with Gasteiger partial charge in [0.2, 0.25) is 0 Å². The lowest BCUT2D eigenvalue weighted by atomic mass is 10.2. The molecule has 0 spiro atoms. The van der Waals surface area contributed by atoms with Gasteiger partial charge in [0.05, 0.1) is 33.2 Å². The largest absolute Gasteiger partial charge is 1.00 e. The third kappa shape index (κ3) is 5.26. The van der Waals surface area contributed by atoms with Gasteiger partial charge in [0.25, 0.3) is 0 Å². The Morgan fingerprint density at radius 3 is 2.50 bits per heavy atom. The molecule has 1 fully saturated rings. The Kier molecular flexibility index (Phi) is 8.91. The highest BCUT2D eigenvalue weighted by atomic mass is 127. The van der Waals surface area contributed by atoms with Crippen molar-refractivity contribution in [1.82, 2.24) is 0 Å². The van der Waals surface area contributed by atoms with Gasteiger partial charge in [-0.15, -0.1) is 0 Å². The predicted octanol–water partition coefficient (Wildman–Crippen LogP) is -5.46. The van der Waals surface area contributed by atoms with Crippen molar-refractivity contribution in [1.29, 1.82) is 0 Å². The van der Waals surface area contributed by atoms with Crippen molar-refractivity contribution in [3.05, 3.63) is 30.1 Å². The number of hydrogen-bond acceptors (Lipinski definition) is 1. The Morgan fingerprint density at radius 1 is 1.22 bits per heavy atom. The van der Waals surface area contributed by atoms with Crippen LogP contribution < -0.4 is 52.5 Å². The van der Waals surface area contributed by atoms with Crippen LogP contribution in [-0.2, 0) is 18.2 Å². The fraction of sp³-hybridized carbons (Fsp3) is 0.615. The second-order valence-electron chi connectivity index (χ2n) is 4.96. The molecular weight excluding hydrogens is 454 g/mol. The van der Waals surface area contributed by atoms with Gasteiger partial charge in [0.15, 0.2) is 11.9 Å². The van der Waals surface area contributed by atoms with Crippen molar-refractivity contribution in [2.75, 3.05) is 39.9 Å². The third-order valence-electron chi connectivity index (χ3n) is 3.62. The van der Waals surface area contributed by atoms with E-state index in [0.29, 0.717) is 0 Å². The lowest BCUT2D eigenvalue weighted by Gasteiger charge is -2.37. The predicted molar refractivity (Wildman–Crippen MR) is 62.9 cm³/mol. The van der Waals surface area contributed by atoms with Crippen molar-refractivity contribution in [3.63, 3.8) is 0 Å². The van der Waals surface area contributed by atoms with Gasteiger partial charge < -0.3 is 57.2 Å². The minimum atomic E-state index is 0. The smallest absolute Gasteiger partial charge is 0.186 e. The molecule has 0 amide bonds. The van der Waals surface area contributed by atoms with Crippen LogP contribution in [0.2, 0.25) is 0 Å². The third-order valence-corrected chi connectivity index (χ3v) is 3.62. The number of ether oxygens (including phenoxy) is 1. The first-order chi connectivity index (χ1) is 7.70. The summed E-state index contributed by atoms with van der Waals surface area (Å²) < 4.78 is 8.78. The van der Waals surface area contributed by atoms with Crippen LogP contribution in [0.5, 0.6) is 0 Å². The molecule has 1 aliphatic heterocycles. The number of quaternary nitrogens is 1. The highest BCUT2D eigenvalue weighted by Crippen LogP contribution is 2.08. The molecule has 5 heteroatoms. The first-order valence-electron chi connectivity index (χ1n) is 6.04. The molecule has 0 aliphatic carbocycles. The first kappa shape index (κ1) is 18.5. The van der Waals surface area contributed by atoms with E-state index in [9.17, 15) is 0 Å². The SMILES string of the molecule is C[n+]1ccccc1CC[N+]1(C)CCOCC1.[I-].[I-]. The van der Waals surface area contributed by atoms with Gasteiger partial charge in [0.1, 0.15) is 20.1 Å². The molecule has 1 aromatic heterocycles. The maximum Gasteiger partial charge on any atom is 0.186 e. The summed E-state index contributed by atoms with van der Waals surface area (Å²) in [5.74, 6) is 0. The Balaban J connectivity index is 0.00000144. The van der Waals surface area contributed by atoms with E-state index in [4.69, 9.17) is 4.74 Å². The van der Waals surface area contributed by atoms with Crippen LogP contribution in [-0.4, -0.2) is 44.4 Å². The molecule has 3 nitrogen and oxygen atoms in total. The maximum atomic E-state index is 5.42. The molecule has 0 saturated carbocycles. The van der Waals surface area contributed by atoms with E-state index in [-0.39, 0.29) is 48.0 Å². The van der Waals surface area contributed by atoms with Crippen LogP contribution in [0.3, 0.4) is 0 Å². The van der Waals surface area contributed by atoms with Gasteiger partial charge >= 0.3 is 0 Å². The molecule has 1 aliphatic rings. The average Bonchev–Trinajstić information content (AvgIpc) is 2.29. The molecular formula is C13H22I2N2O. The van der Waals surface area contributed by atoms with Gasteiger partial charge in [-0.1, -0.05) is 6.07 Å². The van der Waals surface area contributed by atoms with Crippen LogP contribution in [0.15, 0.2) is 24.4 Å². The molecule has 1 saturated heterocycles. The Morgan fingerprint density at radius 2 is 1.89 bits per heavy atom. The number of rotatable bonds is 3. The van der Waals surface area contributed by atoms with E-state index < -0.39 is 0 Å². The number of likely N-dealkylation sites (N-methyl/N-ethyl adjacent to an activating group) is 1. The number of aromatic nitrogens is 1. The lowest BCUT2D eigenvalue weighted by molar-refractivity contribution is -0.917. The minimum absolute atomic E-state index is 0. The summed E-state index contributed by atoms with van der Waals surface area (Å²) in [4.78, 5) is 0. The summed E-state index contributed by atoms with van der Waals surface area (Å²) in [6.07, 6.45) is 3.27. The Bertz CT molecular complexity index is 355. The molecule has 0 radical (unpaired) electrons. The fourth-order valence-corrected chi connectivity index (χ4v) is 2.21. The van der Waals surface area contributed by atoms with Gasteiger partial charge in [-0.3, -0.25) is 0 Å². The van der Waals surface area contributed by atoms with Gasteiger partial charge in [0, 0.05) is 12.1 Å². The number of nitrogens with zero attached hydrogens (tertiary/aromatic N) is 2. The molecule has 2 rings (SSSR count). The summed E-state index contributed by atoms with van der Waals surface area (Å²) >= 11 is 0. The number of halogens is 2. The summed E-state index contributed by atoms with van der Waals surface area (Å²) in [6, 6.07) is 6.41. The Hall–Kier alpha value is 0.530. The molecule has 0 bridgehead atoms. The van der Waals surface area contributed by atoms with E-state index in [1.54, 1.807) is 0 Å². The zero-order valence-electron chi connectivity index (χ0n) is 11.1. The van der Waals surface area contributed by atoms with Crippen LogP contribution in [0.1, 0.15) is 5.69 Å². The molecule has 0 atom stereocenters. The minimum Gasteiger partial charge on any atom is -1.00 e. The normalized spacial score (nSPS) is 17.4. The van der Waals surface area contributed by atoms with Crippen molar-refractivity contribution >= 4 is 0 Å². The molecule has 0 aromatic carbocycles. The average molecular weight is 476 g/mol. The molecule has 2 heterocycles. The quantitative estimate of drug-likeness (QED) is 0.241. The summed E-state index contributed by atoms with van der Waals surface area (Å²) in [5.41, 5.74) is 1.41. The summed E-state index contributed by atoms with van der Waals surface area (Å²) in [6.45, 7) is 5.34.